The number of nitrogens with zero attached hydrogens (tertiary/aromatic N) is 4. The Kier molecular flexibility index (Phi) is 3.99. The van der Waals surface area contributed by atoms with Crippen LogP contribution in [0.4, 0.5) is 13.2 Å². The van der Waals surface area contributed by atoms with Crippen LogP contribution in [0.15, 0.2) is 12.3 Å². The molecule has 0 saturated heterocycles. The number of hydrogen-bond donors (Lipinski definition) is 0. The van der Waals surface area contributed by atoms with E-state index in [1.165, 1.54) is 6.20 Å². The maximum absolute atomic E-state index is 12.6. The highest BCUT2D eigenvalue weighted by molar-refractivity contribution is 6.30. The van der Waals surface area contributed by atoms with Crippen molar-refractivity contribution in [3.8, 4) is 5.82 Å². The maximum Gasteiger partial charge on any atom is 0.435 e. The summed E-state index contributed by atoms with van der Waals surface area (Å²) in [5.41, 5.74) is -0.480. The third kappa shape index (κ3) is 2.92. The highest BCUT2D eigenvalue weighted by atomic mass is 35.5. The van der Waals surface area contributed by atoms with Gasteiger partial charge in [-0.1, -0.05) is 18.5 Å². The Bertz CT molecular complexity index is 622. The summed E-state index contributed by atoms with van der Waals surface area (Å²) in [4.78, 5) is 8.32. The van der Waals surface area contributed by atoms with Crippen LogP contribution < -0.4 is 0 Å². The third-order valence-electron chi connectivity index (χ3n) is 2.68. The first-order chi connectivity index (χ1) is 9.32. The molecule has 0 bridgehead atoms. The van der Waals surface area contributed by atoms with Gasteiger partial charge in [-0.05, 0) is 19.4 Å². The number of halogens is 4. The lowest BCUT2D eigenvalue weighted by atomic mass is 10.3. The van der Waals surface area contributed by atoms with Crippen molar-refractivity contribution < 1.29 is 13.2 Å². The van der Waals surface area contributed by atoms with Gasteiger partial charge >= 0.3 is 6.18 Å². The molecule has 0 aromatic carbocycles. The molecule has 0 aliphatic rings. The Morgan fingerprint density at radius 3 is 2.55 bits per heavy atom. The van der Waals surface area contributed by atoms with Gasteiger partial charge in [0.15, 0.2) is 11.5 Å². The van der Waals surface area contributed by atoms with E-state index >= 15 is 0 Å². The number of hydrogen-bond acceptors (Lipinski definition) is 3. The monoisotopic (exact) mass is 304 g/mol. The van der Waals surface area contributed by atoms with Crippen molar-refractivity contribution in [2.45, 2.75) is 32.9 Å². The molecule has 0 fully saturated rings. The van der Waals surface area contributed by atoms with E-state index in [4.69, 9.17) is 11.6 Å². The van der Waals surface area contributed by atoms with Gasteiger partial charge in [0.05, 0.1) is 0 Å². The molecule has 108 valence electrons. The van der Waals surface area contributed by atoms with Crippen molar-refractivity contribution in [2.24, 2.45) is 0 Å². The Morgan fingerprint density at radius 1 is 1.30 bits per heavy atom. The lowest BCUT2D eigenvalue weighted by molar-refractivity contribution is -0.141. The molecule has 0 aliphatic heterocycles. The molecule has 0 aliphatic carbocycles. The normalized spacial score (nSPS) is 11.9. The second kappa shape index (κ2) is 5.40. The standard InChI is InChI=1S/C12H12ClF3N4/c1-3-4-9-17-10(13)7(2)11(18-9)20-6-5-8(19-20)12(14,15)16/h5-6H,3-4H2,1-2H3. The van der Waals surface area contributed by atoms with Crippen molar-refractivity contribution in [1.82, 2.24) is 19.7 Å². The zero-order chi connectivity index (χ0) is 14.9. The number of rotatable bonds is 3. The zero-order valence-corrected chi connectivity index (χ0v) is 11.6. The Labute approximate surface area is 118 Å². The van der Waals surface area contributed by atoms with Gasteiger partial charge in [-0.25, -0.2) is 14.6 Å². The van der Waals surface area contributed by atoms with Crippen LogP contribution in [0.2, 0.25) is 5.15 Å². The fourth-order valence-electron chi connectivity index (χ4n) is 1.67. The minimum Gasteiger partial charge on any atom is -0.222 e. The van der Waals surface area contributed by atoms with Crippen LogP contribution in [0, 0.1) is 6.92 Å². The predicted molar refractivity (Wildman–Crippen MR) is 67.9 cm³/mol. The molecule has 2 aromatic heterocycles. The quantitative estimate of drug-likeness (QED) is 0.814. The zero-order valence-electron chi connectivity index (χ0n) is 10.9. The molecule has 0 N–H and O–H groups in total. The molecule has 8 heteroatoms. The topological polar surface area (TPSA) is 43.6 Å². The van der Waals surface area contributed by atoms with E-state index in [1.54, 1.807) is 6.92 Å². The number of alkyl halides is 3. The predicted octanol–water partition coefficient (Wildman–Crippen LogP) is 3.60. The summed E-state index contributed by atoms with van der Waals surface area (Å²) in [6.45, 7) is 3.59. The van der Waals surface area contributed by atoms with Gasteiger partial charge in [0.1, 0.15) is 11.0 Å². The second-order valence-electron chi connectivity index (χ2n) is 4.27. The Hall–Kier alpha value is -1.63. The summed E-state index contributed by atoms with van der Waals surface area (Å²) in [5, 5.41) is 3.72. The van der Waals surface area contributed by atoms with Crippen LogP contribution in [-0.4, -0.2) is 19.7 Å². The maximum atomic E-state index is 12.6. The van der Waals surface area contributed by atoms with Crippen LogP contribution in [0.5, 0.6) is 0 Å². The van der Waals surface area contributed by atoms with Crippen molar-refractivity contribution in [3.63, 3.8) is 0 Å². The molecule has 0 spiro atoms. The van der Waals surface area contributed by atoms with Crippen LogP contribution >= 0.6 is 11.6 Å². The number of aryl methyl sites for hydroxylation is 1. The minimum absolute atomic E-state index is 0.225. The van der Waals surface area contributed by atoms with E-state index in [0.29, 0.717) is 17.8 Å². The lowest BCUT2D eigenvalue weighted by Crippen LogP contribution is -2.10. The van der Waals surface area contributed by atoms with E-state index in [0.717, 1.165) is 17.2 Å². The fraction of sp³-hybridized carbons (Fsp3) is 0.417. The summed E-state index contributed by atoms with van der Waals surface area (Å²) in [6, 6.07) is 0.898. The van der Waals surface area contributed by atoms with Gasteiger partial charge in [0, 0.05) is 18.2 Å². The van der Waals surface area contributed by atoms with E-state index in [2.05, 4.69) is 15.1 Å². The first kappa shape index (κ1) is 14.8. The van der Waals surface area contributed by atoms with E-state index in [9.17, 15) is 13.2 Å². The lowest BCUT2D eigenvalue weighted by Gasteiger charge is -2.09. The summed E-state index contributed by atoms with van der Waals surface area (Å²) in [7, 11) is 0. The van der Waals surface area contributed by atoms with Gasteiger partial charge in [-0.15, -0.1) is 0 Å². The van der Waals surface area contributed by atoms with E-state index in [-0.39, 0.29) is 11.0 Å². The van der Waals surface area contributed by atoms with Gasteiger partial charge in [0.2, 0.25) is 0 Å². The van der Waals surface area contributed by atoms with E-state index in [1.807, 2.05) is 6.92 Å². The van der Waals surface area contributed by atoms with E-state index < -0.39 is 11.9 Å². The average molecular weight is 305 g/mol. The highest BCUT2D eigenvalue weighted by Crippen LogP contribution is 2.28. The second-order valence-corrected chi connectivity index (χ2v) is 4.63. The Balaban J connectivity index is 2.49. The van der Waals surface area contributed by atoms with Gasteiger partial charge < -0.3 is 0 Å². The first-order valence-corrected chi connectivity index (χ1v) is 6.37. The summed E-state index contributed by atoms with van der Waals surface area (Å²) in [6.07, 6.45) is -1.86. The summed E-state index contributed by atoms with van der Waals surface area (Å²) in [5.74, 6) is 0.756. The minimum atomic E-state index is -4.48. The van der Waals surface area contributed by atoms with Crippen LogP contribution in [0.25, 0.3) is 5.82 Å². The molecule has 2 heterocycles. The smallest absolute Gasteiger partial charge is 0.222 e. The molecule has 4 nitrogen and oxygen atoms in total. The van der Waals surface area contributed by atoms with Gasteiger partial charge in [-0.2, -0.15) is 18.3 Å². The third-order valence-corrected chi connectivity index (χ3v) is 3.05. The average Bonchev–Trinajstić information content (AvgIpc) is 2.83. The fourth-order valence-corrected chi connectivity index (χ4v) is 1.85. The molecule has 0 radical (unpaired) electrons. The molecular weight excluding hydrogens is 293 g/mol. The SMILES string of the molecule is CCCc1nc(Cl)c(C)c(-n2ccc(C(F)(F)F)n2)n1. The molecule has 0 amide bonds. The van der Waals surface area contributed by atoms with Crippen LogP contribution in [0.1, 0.15) is 30.4 Å². The molecule has 2 rings (SSSR count). The van der Waals surface area contributed by atoms with Crippen molar-refractivity contribution in [2.75, 3.05) is 0 Å². The van der Waals surface area contributed by atoms with Gasteiger partial charge in [-0.3, -0.25) is 0 Å². The van der Waals surface area contributed by atoms with Crippen molar-refractivity contribution in [3.05, 3.63) is 34.5 Å². The number of aromatic nitrogens is 4. The van der Waals surface area contributed by atoms with Crippen molar-refractivity contribution in [1.29, 1.82) is 0 Å². The van der Waals surface area contributed by atoms with Crippen molar-refractivity contribution >= 4 is 11.6 Å². The molecule has 0 saturated carbocycles. The molecule has 0 atom stereocenters. The van der Waals surface area contributed by atoms with Crippen LogP contribution in [0.3, 0.4) is 0 Å². The Morgan fingerprint density at radius 2 is 2.00 bits per heavy atom. The molecule has 20 heavy (non-hydrogen) atoms. The summed E-state index contributed by atoms with van der Waals surface area (Å²) >= 11 is 5.99. The van der Waals surface area contributed by atoms with Crippen LogP contribution in [-0.2, 0) is 12.6 Å². The first-order valence-electron chi connectivity index (χ1n) is 5.99. The van der Waals surface area contributed by atoms with Gasteiger partial charge in [0.25, 0.3) is 0 Å². The largest absolute Gasteiger partial charge is 0.435 e. The molecule has 0 unspecified atom stereocenters. The molecule has 2 aromatic rings. The molecular formula is C12H12ClF3N4. The highest BCUT2D eigenvalue weighted by Gasteiger charge is 2.33. The summed E-state index contributed by atoms with van der Waals surface area (Å²) < 4.78 is 38.8.